The summed E-state index contributed by atoms with van der Waals surface area (Å²) < 4.78 is 2.35. The summed E-state index contributed by atoms with van der Waals surface area (Å²) in [5, 5.41) is 2.35. The molecular formula is C63H42N4. The predicted molar refractivity (Wildman–Crippen MR) is 278 cm³/mol. The molecule has 0 atom stereocenters. The monoisotopic (exact) mass is 854 g/mol. The molecular weight excluding hydrogens is 813 g/mol. The molecule has 0 N–H and O–H groups in total. The van der Waals surface area contributed by atoms with Crippen LogP contribution < -0.4 is 0 Å². The highest BCUT2D eigenvalue weighted by Crippen LogP contribution is 2.37. The number of aromatic nitrogens is 4. The first-order valence-electron chi connectivity index (χ1n) is 22.7. The molecule has 67 heavy (non-hydrogen) atoms. The lowest BCUT2D eigenvalue weighted by Crippen LogP contribution is -2.00. The van der Waals surface area contributed by atoms with Crippen LogP contribution in [0.5, 0.6) is 0 Å². The fraction of sp³-hybridized carbons (Fsp3) is 0. The van der Waals surface area contributed by atoms with Crippen molar-refractivity contribution in [2.24, 2.45) is 0 Å². The van der Waals surface area contributed by atoms with Gasteiger partial charge in [-0.25, -0.2) is 15.0 Å². The van der Waals surface area contributed by atoms with Gasteiger partial charge in [-0.2, -0.15) is 0 Å². The van der Waals surface area contributed by atoms with E-state index in [1.165, 1.54) is 44.2 Å². The predicted octanol–water partition coefficient (Wildman–Crippen LogP) is 16.3. The summed E-state index contributed by atoms with van der Waals surface area (Å²) in [5.74, 6) is 1.85. The molecule has 0 radical (unpaired) electrons. The zero-order valence-corrected chi connectivity index (χ0v) is 36.5. The molecule has 4 nitrogen and oxygen atoms in total. The van der Waals surface area contributed by atoms with Gasteiger partial charge >= 0.3 is 0 Å². The van der Waals surface area contributed by atoms with Crippen LogP contribution in [0, 0.1) is 0 Å². The quantitative estimate of drug-likeness (QED) is 0.145. The molecule has 2 aromatic heterocycles. The Morgan fingerprint density at radius 2 is 0.493 bits per heavy atom. The maximum atomic E-state index is 5.21. The van der Waals surface area contributed by atoms with Crippen LogP contribution in [-0.2, 0) is 0 Å². The Morgan fingerprint density at radius 1 is 0.209 bits per heavy atom. The van der Waals surface area contributed by atoms with Gasteiger partial charge in [0.15, 0.2) is 17.5 Å². The maximum absolute atomic E-state index is 5.21. The van der Waals surface area contributed by atoms with Gasteiger partial charge in [-0.15, -0.1) is 0 Å². The van der Waals surface area contributed by atoms with E-state index in [9.17, 15) is 0 Å². The zero-order valence-electron chi connectivity index (χ0n) is 36.5. The third-order valence-electron chi connectivity index (χ3n) is 12.7. The van der Waals surface area contributed by atoms with Gasteiger partial charge in [-0.1, -0.05) is 231 Å². The molecule has 0 amide bonds. The van der Waals surface area contributed by atoms with Crippen molar-refractivity contribution in [1.82, 2.24) is 19.5 Å². The third-order valence-corrected chi connectivity index (χ3v) is 12.7. The van der Waals surface area contributed by atoms with Gasteiger partial charge < -0.3 is 4.57 Å². The van der Waals surface area contributed by atoms with E-state index in [-0.39, 0.29) is 0 Å². The summed E-state index contributed by atoms with van der Waals surface area (Å²) in [6.07, 6.45) is 0. The van der Waals surface area contributed by atoms with Crippen LogP contribution in [0.4, 0.5) is 0 Å². The van der Waals surface area contributed by atoms with Crippen LogP contribution in [0.2, 0.25) is 0 Å². The van der Waals surface area contributed by atoms with E-state index in [0.29, 0.717) is 17.5 Å². The van der Waals surface area contributed by atoms with Crippen molar-refractivity contribution in [2.75, 3.05) is 0 Å². The summed E-state index contributed by atoms with van der Waals surface area (Å²) in [7, 11) is 0. The van der Waals surface area contributed by atoms with Crippen LogP contribution in [0.15, 0.2) is 255 Å². The number of benzene rings is 10. The minimum atomic E-state index is 0.612. The molecule has 0 saturated heterocycles. The fourth-order valence-corrected chi connectivity index (χ4v) is 9.18. The molecule has 0 aliphatic heterocycles. The largest absolute Gasteiger partial charge is 0.309 e. The Kier molecular flexibility index (Phi) is 10.2. The van der Waals surface area contributed by atoms with Crippen LogP contribution in [0.1, 0.15) is 0 Å². The first kappa shape index (κ1) is 39.6. The average Bonchev–Trinajstić information content (AvgIpc) is 3.75. The normalized spacial score (nSPS) is 11.3. The summed E-state index contributed by atoms with van der Waals surface area (Å²) >= 11 is 0. The van der Waals surface area contributed by atoms with E-state index in [2.05, 4.69) is 247 Å². The first-order chi connectivity index (χ1) is 33.2. The fourth-order valence-electron chi connectivity index (χ4n) is 9.18. The van der Waals surface area contributed by atoms with E-state index >= 15 is 0 Å². The maximum Gasteiger partial charge on any atom is 0.164 e. The molecule has 0 aliphatic carbocycles. The Bertz CT molecular complexity index is 3660. The standard InChI is InChI=1S/C63H42N4/c1-4-12-43(13-5-1)46-20-24-49(25-21-46)51-30-34-54(35-31-51)62-64-61(53-32-28-48(29-33-53)45-16-8-3-9-17-45)65-63(66-62)55-38-41-58-57-18-10-11-19-59(57)67(60(58)42-55)56-39-36-52(37-40-56)50-26-22-47(23-27-50)44-14-6-2-7-15-44/h1-42H. The Hall–Kier alpha value is -8.99. The SMILES string of the molecule is c1ccc(-c2ccc(-c3ccc(-c4nc(-c5ccc(-c6ccccc6)cc5)nc(-c5ccc6c7ccccc7n(-c7ccc(-c8ccc(-c9ccccc9)cc8)cc7)c6c5)n4)cc3)cc2)cc1. The molecule has 0 bridgehead atoms. The summed E-state index contributed by atoms with van der Waals surface area (Å²) in [5.41, 5.74) is 17.8. The Balaban J connectivity index is 0.928. The molecule has 0 fully saturated rings. The van der Waals surface area contributed by atoms with Crippen molar-refractivity contribution in [1.29, 1.82) is 0 Å². The highest BCUT2D eigenvalue weighted by Gasteiger charge is 2.17. The minimum Gasteiger partial charge on any atom is -0.309 e. The molecule has 10 aromatic carbocycles. The van der Waals surface area contributed by atoms with Gasteiger partial charge in [0.2, 0.25) is 0 Å². The van der Waals surface area contributed by atoms with E-state index in [0.717, 1.165) is 55.7 Å². The average molecular weight is 855 g/mol. The second kappa shape index (κ2) is 17.2. The third kappa shape index (κ3) is 7.77. The van der Waals surface area contributed by atoms with Crippen molar-refractivity contribution in [3.8, 4) is 95.5 Å². The minimum absolute atomic E-state index is 0.612. The number of hydrogen-bond acceptors (Lipinski definition) is 3. The van der Waals surface area contributed by atoms with Crippen molar-refractivity contribution in [3.05, 3.63) is 255 Å². The second-order valence-corrected chi connectivity index (χ2v) is 16.8. The lowest BCUT2D eigenvalue weighted by atomic mass is 9.99. The Morgan fingerprint density at radius 3 is 0.896 bits per heavy atom. The van der Waals surface area contributed by atoms with Crippen LogP contribution in [0.3, 0.4) is 0 Å². The smallest absolute Gasteiger partial charge is 0.164 e. The first-order valence-corrected chi connectivity index (χ1v) is 22.7. The van der Waals surface area contributed by atoms with Gasteiger partial charge in [0.25, 0.3) is 0 Å². The van der Waals surface area contributed by atoms with Crippen molar-refractivity contribution < 1.29 is 0 Å². The van der Waals surface area contributed by atoms with E-state index in [4.69, 9.17) is 15.0 Å². The topological polar surface area (TPSA) is 43.6 Å². The molecule has 0 spiro atoms. The van der Waals surface area contributed by atoms with Crippen molar-refractivity contribution in [2.45, 2.75) is 0 Å². The molecule has 314 valence electrons. The molecule has 4 heteroatoms. The van der Waals surface area contributed by atoms with Crippen molar-refractivity contribution >= 4 is 21.8 Å². The summed E-state index contributed by atoms with van der Waals surface area (Å²) in [6, 6.07) is 90.1. The summed E-state index contributed by atoms with van der Waals surface area (Å²) in [4.78, 5) is 15.6. The number of rotatable bonds is 9. The molecule has 12 rings (SSSR count). The molecule has 0 unspecified atom stereocenters. The number of fused-ring (bicyclic) bond motifs is 3. The van der Waals surface area contributed by atoms with Gasteiger partial charge in [0, 0.05) is 33.2 Å². The summed E-state index contributed by atoms with van der Waals surface area (Å²) in [6.45, 7) is 0. The lowest BCUT2D eigenvalue weighted by molar-refractivity contribution is 1.07. The zero-order chi connectivity index (χ0) is 44.5. The van der Waals surface area contributed by atoms with Crippen LogP contribution in [-0.4, -0.2) is 19.5 Å². The molecule has 2 heterocycles. The molecule has 12 aromatic rings. The molecule has 0 saturated carbocycles. The highest BCUT2D eigenvalue weighted by molar-refractivity contribution is 6.10. The number of nitrogens with zero attached hydrogens (tertiary/aromatic N) is 4. The van der Waals surface area contributed by atoms with E-state index in [1.54, 1.807) is 0 Å². The van der Waals surface area contributed by atoms with Gasteiger partial charge in [0.1, 0.15) is 0 Å². The Labute approximate surface area is 389 Å². The molecule has 0 aliphatic rings. The van der Waals surface area contributed by atoms with Gasteiger partial charge in [0.05, 0.1) is 11.0 Å². The van der Waals surface area contributed by atoms with Crippen LogP contribution >= 0.6 is 0 Å². The number of hydrogen-bond donors (Lipinski definition) is 0. The number of para-hydroxylation sites is 1. The van der Waals surface area contributed by atoms with Gasteiger partial charge in [-0.3, -0.25) is 0 Å². The highest BCUT2D eigenvalue weighted by atomic mass is 15.0. The van der Waals surface area contributed by atoms with Gasteiger partial charge in [-0.05, 0) is 79.9 Å². The lowest BCUT2D eigenvalue weighted by Gasteiger charge is -2.12. The van der Waals surface area contributed by atoms with Crippen LogP contribution in [0.25, 0.3) is 117 Å². The van der Waals surface area contributed by atoms with Crippen molar-refractivity contribution in [3.63, 3.8) is 0 Å². The second-order valence-electron chi connectivity index (χ2n) is 16.8. The van der Waals surface area contributed by atoms with E-state index < -0.39 is 0 Å². The van der Waals surface area contributed by atoms with E-state index in [1.807, 2.05) is 12.1 Å².